The molecule has 0 aromatic heterocycles. The third-order valence-corrected chi connectivity index (χ3v) is 4.00. The summed E-state index contributed by atoms with van der Waals surface area (Å²) < 4.78 is 11.4. The van der Waals surface area contributed by atoms with Gasteiger partial charge in [-0.2, -0.15) is 0 Å². The van der Waals surface area contributed by atoms with Gasteiger partial charge in [0.2, 0.25) is 0 Å². The van der Waals surface area contributed by atoms with Gasteiger partial charge in [-0.05, 0) is 32.0 Å². The minimum atomic E-state index is 0.664. The summed E-state index contributed by atoms with van der Waals surface area (Å²) in [6, 6.07) is 6.98. The Labute approximate surface area is 114 Å². The molecule has 0 unspecified atom stereocenters. The van der Waals surface area contributed by atoms with Crippen molar-refractivity contribution in [3.63, 3.8) is 0 Å². The van der Waals surface area contributed by atoms with Gasteiger partial charge in [-0.25, -0.2) is 0 Å². The third kappa shape index (κ3) is 2.78. The van der Waals surface area contributed by atoms with Crippen molar-refractivity contribution in [1.82, 2.24) is 5.32 Å². The monoisotopic (exact) mass is 262 g/mol. The van der Waals surface area contributed by atoms with E-state index in [0.29, 0.717) is 6.04 Å². The second-order valence-electron chi connectivity index (χ2n) is 5.23. The maximum absolute atomic E-state index is 5.76. The lowest BCUT2D eigenvalue weighted by atomic mass is 10.0. The largest absolute Gasteiger partial charge is 0.490 e. The zero-order valence-electron chi connectivity index (χ0n) is 11.5. The molecule has 1 N–H and O–H groups in total. The molecule has 2 aliphatic rings. The van der Waals surface area contributed by atoms with E-state index in [1.54, 1.807) is 0 Å². The molecular formula is C15H22N2O2. The average Bonchev–Trinajstić information content (AvgIpc) is 2.72. The lowest BCUT2D eigenvalue weighted by Gasteiger charge is -2.33. The van der Waals surface area contributed by atoms with Gasteiger partial charge in [0.15, 0.2) is 11.5 Å². The second-order valence-corrected chi connectivity index (χ2v) is 5.23. The van der Waals surface area contributed by atoms with E-state index >= 15 is 0 Å². The van der Waals surface area contributed by atoms with Crippen LogP contribution in [0.5, 0.6) is 11.5 Å². The highest BCUT2D eigenvalue weighted by molar-refractivity contribution is 5.56. The van der Waals surface area contributed by atoms with Crippen molar-refractivity contribution in [1.29, 1.82) is 0 Å². The van der Waals surface area contributed by atoms with Crippen LogP contribution < -0.4 is 19.7 Å². The highest BCUT2D eigenvalue weighted by Gasteiger charge is 2.19. The van der Waals surface area contributed by atoms with Gasteiger partial charge >= 0.3 is 0 Å². The fourth-order valence-corrected chi connectivity index (χ4v) is 2.78. The number of fused-ring (bicyclic) bond motifs is 1. The first-order valence-electron chi connectivity index (χ1n) is 7.18. The molecule has 2 aliphatic heterocycles. The molecule has 104 valence electrons. The number of nitrogens with one attached hydrogen (secondary N) is 1. The van der Waals surface area contributed by atoms with Crippen LogP contribution in [-0.2, 0) is 0 Å². The summed E-state index contributed by atoms with van der Waals surface area (Å²) in [6.45, 7) is 3.70. The first-order valence-corrected chi connectivity index (χ1v) is 7.18. The first kappa shape index (κ1) is 12.6. The van der Waals surface area contributed by atoms with Crippen molar-refractivity contribution in [2.75, 3.05) is 38.3 Å². The molecule has 4 nitrogen and oxygen atoms in total. The van der Waals surface area contributed by atoms with Crippen LogP contribution in [-0.4, -0.2) is 39.4 Å². The van der Waals surface area contributed by atoms with Crippen molar-refractivity contribution in [2.24, 2.45) is 0 Å². The molecule has 0 saturated carbocycles. The normalized spacial score (nSPS) is 20.2. The SMILES string of the molecule is CNC1CCN(c2ccc3c(c2)OCCCO3)CC1. The van der Waals surface area contributed by atoms with Crippen molar-refractivity contribution in [2.45, 2.75) is 25.3 Å². The lowest BCUT2D eigenvalue weighted by molar-refractivity contribution is 0.297. The summed E-state index contributed by atoms with van der Waals surface area (Å²) in [5.41, 5.74) is 1.25. The van der Waals surface area contributed by atoms with E-state index < -0.39 is 0 Å². The maximum Gasteiger partial charge on any atom is 0.163 e. The zero-order chi connectivity index (χ0) is 13.1. The Morgan fingerprint density at radius 1 is 1.11 bits per heavy atom. The van der Waals surface area contributed by atoms with Gasteiger partial charge in [0.05, 0.1) is 13.2 Å². The van der Waals surface area contributed by atoms with Crippen molar-refractivity contribution in [3.05, 3.63) is 18.2 Å². The number of piperidine rings is 1. The molecule has 0 amide bonds. The lowest BCUT2D eigenvalue weighted by Crippen LogP contribution is -2.41. The highest BCUT2D eigenvalue weighted by atomic mass is 16.5. The van der Waals surface area contributed by atoms with Gasteiger partial charge in [-0.1, -0.05) is 0 Å². The molecule has 2 heterocycles. The van der Waals surface area contributed by atoms with E-state index in [1.807, 2.05) is 13.1 Å². The number of hydrogen-bond acceptors (Lipinski definition) is 4. The van der Waals surface area contributed by atoms with Gasteiger partial charge in [0.25, 0.3) is 0 Å². The first-order chi connectivity index (χ1) is 9.36. The van der Waals surface area contributed by atoms with E-state index in [9.17, 15) is 0 Å². The summed E-state index contributed by atoms with van der Waals surface area (Å²) in [4.78, 5) is 2.43. The summed E-state index contributed by atoms with van der Waals surface area (Å²) in [5, 5.41) is 3.36. The number of ether oxygens (including phenoxy) is 2. The molecule has 1 saturated heterocycles. The van der Waals surface area contributed by atoms with Crippen molar-refractivity contribution in [3.8, 4) is 11.5 Å². The molecule has 0 spiro atoms. The van der Waals surface area contributed by atoms with Crippen molar-refractivity contribution >= 4 is 5.69 Å². The van der Waals surface area contributed by atoms with E-state index in [1.165, 1.54) is 18.5 Å². The van der Waals surface area contributed by atoms with E-state index in [0.717, 1.165) is 44.2 Å². The fraction of sp³-hybridized carbons (Fsp3) is 0.600. The van der Waals surface area contributed by atoms with Crippen LogP contribution in [0, 0.1) is 0 Å². The minimum absolute atomic E-state index is 0.664. The minimum Gasteiger partial charge on any atom is -0.490 e. The van der Waals surface area contributed by atoms with E-state index in [-0.39, 0.29) is 0 Å². The molecule has 0 radical (unpaired) electrons. The van der Waals surface area contributed by atoms with Gasteiger partial charge in [0, 0.05) is 37.3 Å². The van der Waals surface area contributed by atoms with E-state index in [2.05, 4.69) is 22.3 Å². The Morgan fingerprint density at radius 3 is 2.58 bits per heavy atom. The van der Waals surface area contributed by atoms with Crippen LogP contribution in [0.4, 0.5) is 5.69 Å². The second kappa shape index (κ2) is 5.70. The number of rotatable bonds is 2. The van der Waals surface area contributed by atoms with Crippen LogP contribution in [0.1, 0.15) is 19.3 Å². The van der Waals surface area contributed by atoms with Crippen LogP contribution >= 0.6 is 0 Å². The molecule has 1 aromatic rings. The Kier molecular flexibility index (Phi) is 3.78. The molecular weight excluding hydrogens is 240 g/mol. The Morgan fingerprint density at radius 2 is 1.84 bits per heavy atom. The van der Waals surface area contributed by atoms with Crippen molar-refractivity contribution < 1.29 is 9.47 Å². The topological polar surface area (TPSA) is 33.7 Å². The van der Waals surface area contributed by atoms with Crippen LogP contribution in [0.25, 0.3) is 0 Å². The smallest absolute Gasteiger partial charge is 0.163 e. The van der Waals surface area contributed by atoms with Gasteiger partial charge < -0.3 is 19.7 Å². The molecule has 1 aromatic carbocycles. The van der Waals surface area contributed by atoms with E-state index in [4.69, 9.17) is 9.47 Å². The molecule has 3 rings (SSSR count). The molecule has 0 atom stereocenters. The molecule has 1 fully saturated rings. The number of nitrogens with zero attached hydrogens (tertiary/aromatic N) is 1. The number of anilines is 1. The molecule has 0 aliphatic carbocycles. The molecule has 4 heteroatoms. The Hall–Kier alpha value is -1.42. The zero-order valence-corrected chi connectivity index (χ0v) is 11.5. The highest BCUT2D eigenvalue weighted by Crippen LogP contribution is 2.34. The summed E-state index contributed by atoms with van der Waals surface area (Å²) in [5.74, 6) is 1.78. The van der Waals surface area contributed by atoms with Gasteiger partial charge in [-0.3, -0.25) is 0 Å². The molecule has 0 bridgehead atoms. The van der Waals surface area contributed by atoms with Crippen LogP contribution in [0.3, 0.4) is 0 Å². The fourth-order valence-electron chi connectivity index (χ4n) is 2.78. The predicted molar refractivity (Wildman–Crippen MR) is 76.3 cm³/mol. The number of benzene rings is 1. The van der Waals surface area contributed by atoms with Crippen LogP contribution in [0.15, 0.2) is 18.2 Å². The number of hydrogen-bond donors (Lipinski definition) is 1. The summed E-state index contributed by atoms with van der Waals surface area (Å²) >= 11 is 0. The maximum atomic E-state index is 5.76. The Bertz CT molecular complexity index is 428. The third-order valence-electron chi connectivity index (χ3n) is 4.00. The van der Waals surface area contributed by atoms with Gasteiger partial charge in [-0.15, -0.1) is 0 Å². The Balaban J connectivity index is 1.73. The quantitative estimate of drug-likeness (QED) is 0.884. The summed E-state index contributed by atoms with van der Waals surface area (Å²) in [7, 11) is 2.05. The van der Waals surface area contributed by atoms with Gasteiger partial charge in [0.1, 0.15) is 0 Å². The predicted octanol–water partition coefficient (Wildman–Crippen LogP) is 2.04. The summed E-state index contributed by atoms with van der Waals surface area (Å²) in [6.07, 6.45) is 3.35. The average molecular weight is 262 g/mol. The van der Waals surface area contributed by atoms with Crippen LogP contribution in [0.2, 0.25) is 0 Å². The molecule has 19 heavy (non-hydrogen) atoms. The standard InChI is InChI=1S/C15H22N2O2/c1-16-12-5-7-17(8-6-12)13-3-4-14-15(11-13)19-10-2-9-18-14/h3-4,11-12,16H,2,5-10H2,1H3.